The van der Waals surface area contributed by atoms with Crippen LogP contribution in [0.3, 0.4) is 0 Å². The molecular weight excluding hydrogens is 469 g/mol. The lowest BCUT2D eigenvalue weighted by atomic mass is 9.93. The van der Waals surface area contributed by atoms with E-state index < -0.39 is 5.82 Å². The third-order valence-corrected chi connectivity index (χ3v) is 7.30. The number of carbonyl (C=O) groups excluding carboxylic acids is 3. The lowest BCUT2D eigenvalue weighted by molar-refractivity contribution is -0.136. The maximum atomic E-state index is 13.7. The Kier molecular flexibility index (Phi) is 7.04. The van der Waals surface area contributed by atoms with E-state index in [0.717, 1.165) is 11.3 Å². The lowest BCUT2D eigenvalue weighted by Crippen LogP contribution is -2.42. The van der Waals surface area contributed by atoms with Gasteiger partial charge in [0.15, 0.2) is 0 Å². The molecule has 0 bridgehead atoms. The molecule has 0 atom stereocenters. The van der Waals surface area contributed by atoms with Crippen molar-refractivity contribution in [3.05, 3.63) is 101 Å². The summed E-state index contributed by atoms with van der Waals surface area (Å²) in [5.41, 5.74) is 3.16. The molecule has 0 aromatic heterocycles. The third-order valence-electron chi connectivity index (χ3n) is 7.30. The zero-order valence-corrected chi connectivity index (χ0v) is 20.9. The van der Waals surface area contributed by atoms with Gasteiger partial charge in [0.1, 0.15) is 5.82 Å². The molecule has 2 heterocycles. The van der Waals surface area contributed by atoms with Crippen molar-refractivity contribution in [2.45, 2.75) is 32.9 Å². The normalized spacial score (nSPS) is 15.7. The lowest BCUT2D eigenvalue weighted by Gasteiger charge is -2.36. The second-order valence-corrected chi connectivity index (χ2v) is 9.63. The molecule has 2 aliphatic heterocycles. The Morgan fingerprint density at radius 1 is 0.919 bits per heavy atom. The Hall–Kier alpha value is -4.00. The van der Waals surface area contributed by atoms with Gasteiger partial charge in [-0.1, -0.05) is 48.5 Å². The number of halogens is 1. The molecule has 6 nitrogen and oxygen atoms in total. The Balaban J connectivity index is 1.28. The highest BCUT2D eigenvalue weighted by molar-refractivity contribution is 6.23. The number of fused-ring (bicyclic) bond motifs is 1. The van der Waals surface area contributed by atoms with E-state index in [1.165, 1.54) is 17.0 Å². The van der Waals surface area contributed by atoms with Crippen molar-refractivity contribution >= 4 is 23.4 Å². The van der Waals surface area contributed by atoms with Crippen molar-refractivity contribution < 1.29 is 18.8 Å². The summed E-state index contributed by atoms with van der Waals surface area (Å²) in [6.07, 6.45) is 1.37. The fourth-order valence-corrected chi connectivity index (χ4v) is 5.32. The molecule has 0 saturated carbocycles. The summed E-state index contributed by atoms with van der Waals surface area (Å²) in [5.74, 6) is -1.04. The van der Waals surface area contributed by atoms with Gasteiger partial charge in [-0.05, 0) is 55.2 Å². The van der Waals surface area contributed by atoms with Crippen LogP contribution in [-0.2, 0) is 17.9 Å². The minimum absolute atomic E-state index is 0.0222. The van der Waals surface area contributed by atoms with Gasteiger partial charge in [-0.25, -0.2) is 4.39 Å². The molecule has 3 amide bonds. The number of carbonyl (C=O) groups is 3. The zero-order valence-electron chi connectivity index (χ0n) is 20.9. The van der Waals surface area contributed by atoms with E-state index in [0.29, 0.717) is 55.7 Å². The van der Waals surface area contributed by atoms with Crippen LogP contribution in [0.5, 0.6) is 0 Å². The molecular formula is C30H30FN3O3. The van der Waals surface area contributed by atoms with Crippen LogP contribution in [0.25, 0.3) is 0 Å². The second kappa shape index (κ2) is 10.5. The molecule has 0 radical (unpaired) electrons. The summed E-state index contributed by atoms with van der Waals surface area (Å²) in [4.78, 5) is 44.9. The van der Waals surface area contributed by atoms with E-state index in [1.807, 2.05) is 48.2 Å². The van der Waals surface area contributed by atoms with Crippen LogP contribution in [0.15, 0.2) is 72.8 Å². The molecule has 0 aliphatic carbocycles. The largest absolute Gasteiger partial charge is 0.371 e. The van der Waals surface area contributed by atoms with Crippen molar-refractivity contribution in [1.29, 1.82) is 0 Å². The minimum Gasteiger partial charge on any atom is -0.371 e. The molecule has 0 unspecified atom stereocenters. The SMILES string of the molecule is CCN(Cc1ccccc1)C(=O)C1CCN(c2cccc3c2C(=O)N(Cc2cccc(F)c2)C3=O)CC1. The summed E-state index contributed by atoms with van der Waals surface area (Å²) in [6, 6.07) is 21.3. The van der Waals surface area contributed by atoms with Gasteiger partial charge in [0.25, 0.3) is 11.8 Å². The monoisotopic (exact) mass is 499 g/mol. The first-order chi connectivity index (χ1) is 18.0. The fourth-order valence-electron chi connectivity index (χ4n) is 5.32. The maximum absolute atomic E-state index is 13.7. The van der Waals surface area contributed by atoms with Gasteiger partial charge in [0.2, 0.25) is 5.91 Å². The predicted octanol–water partition coefficient (Wildman–Crippen LogP) is 4.89. The number of amides is 3. The first-order valence-electron chi connectivity index (χ1n) is 12.8. The molecule has 0 N–H and O–H groups in total. The molecule has 1 saturated heterocycles. The van der Waals surface area contributed by atoms with Crippen molar-refractivity contribution in [2.24, 2.45) is 5.92 Å². The number of imide groups is 1. The highest BCUT2D eigenvalue weighted by atomic mass is 19.1. The van der Waals surface area contributed by atoms with Crippen LogP contribution in [0.1, 0.15) is 51.6 Å². The smallest absolute Gasteiger partial charge is 0.263 e. The molecule has 3 aromatic rings. The fraction of sp³-hybridized carbons (Fsp3) is 0.300. The molecule has 0 spiro atoms. The first kappa shape index (κ1) is 24.7. The zero-order chi connectivity index (χ0) is 25.9. The highest BCUT2D eigenvalue weighted by Crippen LogP contribution is 2.35. The van der Waals surface area contributed by atoms with E-state index in [9.17, 15) is 18.8 Å². The summed E-state index contributed by atoms with van der Waals surface area (Å²) in [7, 11) is 0. The van der Waals surface area contributed by atoms with Gasteiger partial charge in [0.05, 0.1) is 23.4 Å². The van der Waals surface area contributed by atoms with E-state index >= 15 is 0 Å². The molecule has 1 fully saturated rings. The Labute approximate surface area is 216 Å². The standard InChI is InChI=1S/C30H30FN3O3/c1-2-32(19-21-8-4-3-5-9-21)28(35)23-14-16-33(17-15-23)26-13-7-12-25-27(26)30(37)34(29(25)36)20-22-10-6-11-24(31)18-22/h3-13,18,23H,2,14-17,19-20H2,1H3. The summed E-state index contributed by atoms with van der Waals surface area (Å²) in [5, 5.41) is 0. The number of piperidine rings is 1. The van der Waals surface area contributed by atoms with E-state index in [1.54, 1.807) is 24.3 Å². The van der Waals surface area contributed by atoms with Crippen LogP contribution in [0.4, 0.5) is 10.1 Å². The van der Waals surface area contributed by atoms with Gasteiger partial charge in [-0.15, -0.1) is 0 Å². The van der Waals surface area contributed by atoms with Crippen molar-refractivity contribution in [3.8, 4) is 0 Å². The van der Waals surface area contributed by atoms with Crippen LogP contribution in [0.2, 0.25) is 0 Å². The molecule has 2 aliphatic rings. The average molecular weight is 500 g/mol. The second-order valence-electron chi connectivity index (χ2n) is 9.63. The molecule has 190 valence electrons. The molecule has 3 aromatic carbocycles. The molecule has 37 heavy (non-hydrogen) atoms. The van der Waals surface area contributed by atoms with Gasteiger partial charge < -0.3 is 9.80 Å². The summed E-state index contributed by atoms with van der Waals surface area (Å²) in [6.45, 7) is 4.52. The number of hydrogen-bond acceptors (Lipinski definition) is 4. The number of anilines is 1. The average Bonchev–Trinajstić information content (AvgIpc) is 3.17. The first-order valence-corrected chi connectivity index (χ1v) is 12.8. The van der Waals surface area contributed by atoms with Crippen LogP contribution in [-0.4, -0.2) is 47.2 Å². The molecule has 5 rings (SSSR count). The van der Waals surface area contributed by atoms with Gasteiger partial charge in [0, 0.05) is 32.1 Å². The maximum Gasteiger partial charge on any atom is 0.263 e. The van der Waals surface area contributed by atoms with E-state index in [4.69, 9.17) is 0 Å². The van der Waals surface area contributed by atoms with E-state index in [2.05, 4.69) is 4.90 Å². The predicted molar refractivity (Wildman–Crippen MR) is 140 cm³/mol. The molecule has 7 heteroatoms. The number of rotatable bonds is 7. The number of hydrogen-bond donors (Lipinski definition) is 0. The van der Waals surface area contributed by atoms with Crippen molar-refractivity contribution in [2.75, 3.05) is 24.5 Å². The summed E-state index contributed by atoms with van der Waals surface area (Å²) >= 11 is 0. The van der Waals surface area contributed by atoms with Gasteiger partial charge >= 0.3 is 0 Å². The Bertz CT molecular complexity index is 1320. The van der Waals surface area contributed by atoms with Crippen LogP contribution in [0, 0.1) is 11.7 Å². The van der Waals surface area contributed by atoms with E-state index in [-0.39, 0.29) is 30.2 Å². The van der Waals surface area contributed by atoms with Gasteiger partial charge in [-0.2, -0.15) is 0 Å². The third kappa shape index (κ3) is 4.99. The number of benzene rings is 3. The minimum atomic E-state index is -0.405. The van der Waals surface area contributed by atoms with Crippen LogP contribution >= 0.6 is 0 Å². The summed E-state index contributed by atoms with van der Waals surface area (Å²) < 4.78 is 13.7. The highest BCUT2D eigenvalue weighted by Gasteiger charge is 2.39. The van der Waals surface area contributed by atoms with Gasteiger partial charge in [-0.3, -0.25) is 19.3 Å². The van der Waals surface area contributed by atoms with Crippen molar-refractivity contribution in [1.82, 2.24) is 9.80 Å². The number of nitrogens with zero attached hydrogens (tertiary/aromatic N) is 3. The topological polar surface area (TPSA) is 60.9 Å². The Morgan fingerprint density at radius 2 is 1.62 bits per heavy atom. The quantitative estimate of drug-likeness (QED) is 0.435. The van der Waals surface area contributed by atoms with Crippen LogP contribution < -0.4 is 4.90 Å². The Morgan fingerprint density at radius 3 is 2.32 bits per heavy atom. The van der Waals surface area contributed by atoms with Crippen molar-refractivity contribution in [3.63, 3.8) is 0 Å².